The maximum Gasteiger partial charge on any atom is 0.325 e. The van der Waals surface area contributed by atoms with Gasteiger partial charge in [0.05, 0.1) is 7.11 Å². The molecule has 2 aromatic rings. The maximum atomic E-state index is 12.5. The lowest BCUT2D eigenvalue weighted by Crippen LogP contribution is -2.42. The number of amides is 2. The van der Waals surface area contributed by atoms with E-state index < -0.39 is 23.4 Å². The van der Waals surface area contributed by atoms with Crippen LogP contribution in [-0.4, -0.2) is 42.1 Å². The van der Waals surface area contributed by atoms with Crippen molar-refractivity contribution in [2.75, 3.05) is 19.0 Å². The Labute approximate surface area is 157 Å². The quantitative estimate of drug-likeness (QED) is 0.641. The second kappa shape index (κ2) is 8.95. The van der Waals surface area contributed by atoms with Gasteiger partial charge in [-0.25, -0.2) is 0 Å². The molecule has 7 nitrogen and oxygen atoms in total. The number of aliphatic hydroxyl groups is 1. The number of anilines is 1. The molecule has 0 spiro atoms. The normalized spacial score (nSPS) is 12.6. The summed E-state index contributed by atoms with van der Waals surface area (Å²) in [6, 6.07) is 15.4. The van der Waals surface area contributed by atoms with E-state index in [-0.39, 0.29) is 18.5 Å². The fourth-order valence-electron chi connectivity index (χ4n) is 2.40. The Kier molecular flexibility index (Phi) is 6.67. The van der Waals surface area contributed by atoms with Gasteiger partial charge in [-0.05, 0) is 30.7 Å². The molecule has 0 unspecified atom stereocenters. The van der Waals surface area contributed by atoms with Gasteiger partial charge in [-0.15, -0.1) is 0 Å². The summed E-state index contributed by atoms with van der Waals surface area (Å²) < 4.78 is 4.46. The first kappa shape index (κ1) is 20.1. The fourth-order valence-corrected chi connectivity index (χ4v) is 2.40. The molecule has 2 aromatic carbocycles. The summed E-state index contributed by atoms with van der Waals surface area (Å²) >= 11 is 0. The second-order valence-electron chi connectivity index (χ2n) is 6.23. The Morgan fingerprint density at radius 3 is 2.44 bits per heavy atom. The fraction of sp³-hybridized carbons (Fsp3) is 0.250. The molecule has 2 amide bonds. The Morgan fingerprint density at radius 2 is 1.78 bits per heavy atom. The van der Waals surface area contributed by atoms with Gasteiger partial charge in [0.2, 0.25) is 0 Å². The first-order valence-electron chi connectivity index (χ1n) is 8.34. The van der Waals surface area contributed by atoms with Crippen molar-refractivity contribution in [3.05, 3.63) is 65.7 Å². The molecule has 0 bridgehead atoms. The molecule has 142 valence electrons. The van der Waals surface area contributed by atoms with E-state index in [1.807, 2.05) is 30.3 Å². The molecule has 1 atom stereocenters. The number of rotatable bonds is 7. The highest BCUT2D eigenvalue weighted by Gasteiger charge is 2.30. The van der Waals surface area contributed by atoms with Gasteiger partial charge in [0.1, 0.15) is 12.1 Å². The monoisotopic (exact) mass is 370 g/mol. The predicted molar refractivity (Wildman–Crippen MR) is 100 cm³/mol. The molecule has 0 aliphatic heterocycles. The van der Waals surface area contributed by atoms with Crippen LogP contribution >= 0.6 is 0 Å². The summed E-state index contributed by atoms with van der Waals surface area (Å²) in [4.78, 5) is 35.6. The summed E-state index contributed by atoms with van der Waals surface area (Å²) in [6.45, 7) is 1.18. The van der Waals surface area contributed by atoms with Crippen molar-refractivity contribution in [1.29, 1.82) is 0 Å². The Bertz CT molecular complexity index is 818. The zero-order chi connectivity index (χ0) is 19.9. The summed E-state index contributed by atoms with van der Waals surface area (Å²) in [6.07, 6.45) is 0.152. The molecule has 0 fully saturated rings. The molecule has 0 saturated heterocycles. The zero-order valence-corrected chi connectivity index (χ0v) is 15.2. The molecule has 0 aromatic heterocycles. The van der Waals surface area contributed by atoms with Crippen LogP contribution in [0.4, 0.5) is 5.69 Å². The van der Waals surface area contributed by atoms with E-state index in [0.717, 1.165) is 5.56 Å². The van der Waals surface area contributed by atoms with E-state index in [9.17, 15) is 19.5 Å². The topological polar surface area (TPSA) is 105 Å². The number of hydrogen-bond donors (Lipinski definition) is 3. The van der Waals surface area contributed by atoms with E-state index in [2.05, 4.69) is 15.4 Å². The van der Waals surface area contributed by atoms with Crippen LogP contribution in [0.5, 0.6) is 0 Å². The number of hydrogen-bond acceptors (Lipinski definition) is 5. The molecule has 0 heterocycles. The van der Waals surface area contributed by atoms with Crippen molar-refractivity contribution >= 4 is 23.5 Å². The minimum atomic E-state index is -1.62. The van der Waals surface area contributed by atoms with Gasteiger partial charge in [-0.3, -0.25) is 14.4 Å². The molecule has 2 rings (SSSR count). The highest BCUT2D eigenvalue weighted by molar-refractivity contribution is 6.00. The highest BCUT2D eigenvalue weighted by Crippen LogP contribution is 2.17. The van der Waals surface area contributed by atoms with Crippen molar-refractivity contribution < 1.29 is 24.2 Å². The molecular weight excluding hydrogens is 348 g/mol. The Morgan fingerprint density at radius 1 is 1.07 bits per heavy atom. The number of nitrogens with one attached hydrogen (secondary N) is 2. The predicted octanol–water partition coefficient (Wildman–Crippen LogP) is 1.52. The molecule has 0 aliphatic carbocycles. The molecule has 0 aliphatic rings. The molecule has 0 saturated carbocycles. The van der Waals surface area contributed by atoms with Crippen molar-refractivity contribution in [2.24, 2.45) is 0 Å². The van der Waals surface area contributed by atoms with Gasteiger partial charge in [-0.1, -0.05) is 36.4 Å². The van der Waals surface area contributed by atoms with Crippen LogP contribution in [-0.2, 0) is 20.7 Å². The Balaban J connectivity index is 2.03. The zero-order valence-electron chi connectivity index (χ0n) is 15.2. The van der Waals surface area contributed by atoms with E-state index in [1.165, 1.54) is 20.1 Å². The second-order valence-corrected chi connectivity index (χ2v) is 6.23. The van der Waals surface area contributed by atoms with Crippen molar-refractivity contribution in [1.82, 2.24) is 5.32 Å². The molecule has 7 heteroatoms. The van der Waals surface area contributed by atoms with Crippen molar-refractivity contribution in [3.63, 3.8) is 0 Å². The minimum absolute atomic E-state index is 0.152. The first-order chi connectivity index (χ1) is 12.8. The van der Waals surface area contributed by atoms with Gasteiger partial charge in [0, 0.05) is 17.7 Å². The number of carbonyl (C=O) groups is 3. The third-order valence-electron chi connectivity index (χ3n) is 3.88. The first-order valence-corrected chi connectivity index (χ1v) is 8.34. The van der Waals surface area contributed by atoms with Gasteiger partial charge in [0.25, 0.3) is 11.8 Å². The molecule has 0 radical (unpaired) electrons. The number of carbonyl (C=O) groups excluding carboxylic acids is 3. The van der Waals surface area contributed by atoms with Crippen LogP contribution in [0.25, 0.3) is 0 Å². The van der Waals surface area contributed by atoms with Gasteiger partial charge in [0.15, 0.2) is 0 Å². The van der Waals surface area contributed by atoms with Crippen molar-refractivity contribution in [2.45, 2.75) is 18.9 Å². The standard InChI is InChI=1S/C20H22N2O5/c1-20(26,12-14-7-4-3-5-8-14)19(25)22-16-10-6-9-15(11-16)18(24)21-13-17(23)27-2/h3-11,26H,12-13H2,1-2H3,(H,21,24)(H,22,25)/t20-/m1/s1. The summed E-state index contributed by atoms with van der Waals surface area (Å²) in [5, 5.41) is 15.5. The average Bonchev–Trinajstić information content (AvgIpc) is 2.66. The van der Waals surface area contributed by atoms with Gasteiger partial charge < -0.3 is 20.5 Å². The van der Waals surface area contributed by atoms with E-state index in [0.29, 0.717) is 5.69 Å². The van der Waals surface area contributed by atoms with Crippen LogP contribution in [0.3, 0.4) is 0 Å². The van der Waals surface area contributed by atoms with Crippen LogP contribution < -0.4 is 10.6 Å². The maximum absolute atomic E-state index is 12.5. The number of methoxy groups -OCH3 is 1. The third kappa shape index (κ3) is 5.93. The number of esters is 1. The van der Waals surface area contributed by atoms with Crippen molar-refractivity contribution in [3.8, 4) is 0 Å². The van der Waals surface area contributed by atoms with Crippen LogP contribution in [0.15, 0.2) is 54.6 Å². The molecule has 27 heavy (non-hydrogen) atoms. The van der Waals surface area contributed by atoms with E-state index >= 15 is 0 Å². The lowest BCUT2D eigenvalue weighted by molar-refractivity contribution is -0.139. The van der Waals surface area contributed by atoms with E-state index in [4.69, 9.17) is 0 Å². The van der Waals surface area contributed by atoms with Gasteiger partial charge >= 0.3 is 5.97 Å². The molecule has 3 N–H and O–H groups in total. The number of ether oxygens (including phenoxy) is 1. The van der Waals surface area contributed by atoms with Crippen LogP contribution in [0.1, 0.15) is 22.8 Å². The average molecular weight is 370 g/mol. The lowest BCUT2D eigenvalue weighted by Gasteiger charge is -2.22. The smallest absolute Gasteiger partial charge is 0.325 e. The largest absolute Gasteiger partial charge is 0.468 e. The van der Waals surface area contributed by atoms with Crippen LogP contribution in [0, 0.1) is 0 Å². The lowest BCUT2D eigenvalue weighted by atomic mass is 9.95. The highest BCUT2D eigenvalue weighted by atomic mass is 16.5. The third-order valence-corrected chi connectivity index (χ3v) is 3.88. The van der Waals surface area contributed by atoms with Gasteiger partial charge in [-0.2, -0.15) is 0 Å². The van der Waals surface area contributed by atoms with Crippen LogP contribution in [0.2, 0.25) is 0 Å². The van der Waals surface area contributed by atoms with E-state index in [1.54, 1.807) is 18.2 Å². The Hall–Kier alpha value is -3.19. The summed E-state index contributed by atoms with van der Waals surface area (Å²) in [5.74, 6) is -1.63. The summed E-state index contributed by atoms with van der Waals surface area (Å²) in [5.41, 5.74) is -0.170. The minimum Gasteiger partial charge on any atom is -0.468 e. The SMILES string of the molecule is COC(=O)CNC(=O)c1cccc(NC(=O)[C@](C)(O)Cc2ccccc2)c1. The number of benzene rings is 2. The summed E-state index contributed by atoms with van der Waals surface area (Å²) in [7, 11) is 1.23. The molecular formula is C20H22N2O5.